The van der Waals surface area contributed by atoms with Gasteiger partial charge in [0.05, 0.1) is 35.2 Å². The second-order valence-corrected chi connectivity index (χ2v) is 9.49. The molecule has 3 heterocycles. The van der Waals surface area contributed by atoms with E-state index in [0.717, 1.165) is 16.8 Å². The van der Waals surface area contributed by atoms with Crippen LogP contribution in [0.25, 0.3) is 6.08 Å². The number of amides is 1. The van der Waals surface area contributed by atoms with Crippen molar-refractivity contribution in [1.29, 1.82) is 0 Å². The Morgan fingerprint density at radius 1 is 1.11 bits per heavy atom. The van der Waals surface area contributed by atoms with E-state index in [4.69, 9.17) is 4.74 Å². The number of thiazole rings is 1. The molecular weight excluding hydrogens is 474 g/mol. The molecule has 2 aromatic heterocycles. The van der Waals surface area contributed by atoms with Crippen molar-refractivity contribution in [3.63, 3.8) is 0 Å². The molecular formula is C27H25N5O3S. The molecule has 0 radical (unpaired) electrons. The first-order valence-electron chi connectivity index (χ1n) is 11.4. The summed E-state index contributed by atoms with van der Waals surface area (Å²) in [6.45, 7) is 3.75. The topological polar surface area (TPSA) is 90.5 Å². The zero-order valence-corrected chi connectivity index (χ0v) is 21.2. The zero-order valence-electron chi connectivity index (χ0n) is 20.4. The number of nitrogens with zero attached hydrogens (tertiary/aromatic N) is 4. The van der Waals surface area contributed by atoms with Crippen LogP contribution < -0.4 is 24.9 Å². The Morgan fingerprint density at radius 2 is 1.83 bits per heavy atom. The first-order valence-corrected chi connectivity index (χ1v) is 12.2. The van der Waals surface area contributed by atoms with Gasteiger partial charge in [0, 0.05) is 24.0 Å². The van der Waals surface area contributed by atoms with Crippen molar-refractivity contribution in [3.05, 3.63) is 109 Å². The Balaban J connectivity index is 1.68. The van der Waals surface area contributed by atoms with E-state index in [9.17, 15) is 9.59 Å². The number of para-hydroxylation sites is 1. The van der Waals surface area contributed by atoms with E-state index in [1.165, 1.54) is 11.3 Å². The number of hydrogen-bond acceptors (Lipinski definition) is 6. The standard InChI is InChI=1S/C27H25N5O3S/c1-16-23(25(33)30-20-8-6-5-7-9-20)24(18-10-12-21(35-4)13-11-18)32-26(34)22(36-27(32)29-16)14-19-15-28-31(3)17(19)2/h5-15,24H,1-4H3,(H,30,33). The molecule has 1 atom stereocenters. The summed E-state index contributed by atoms with van der Waals surface area (Å²) in [5.74, 6) is 0.384. The van der Waals surface area contributed by atoms with Crippen molar-refractivity contribution >= 4 is 29.0 Å². The summed E-state index contributed by atoms with van der Waals surface area (Å²) in [4.78, 5) is 32.5. The van der Waals surface area contributed by atoms with Crippen LogP contribution >= 0.6 is 11.3 Å². The summed E-state index contributed by atoms with van der Waals surface area (Å²) in [5, 5.41) is 7.23. The average Bonchev–Trinajstić information content (AvgIpc) is 3.36. The van der Waals surface area contributed by atoms with Crippen molar-refractivity contribution < 1.29 is 9.53 Å². The van der Waals surface area contributed by atoms with E-state index in [-0.39, 0.29) is 11.5 Å². The van der Waals surface area contributed by atoms with Crippen LogP contribution in [0.15, 0.2) is 81.9 Å². The van der Waals surface area contributed by atoms with Crippen molar-refractivity contribution in [3.8, 4) is 5.75 Å². The molecule has 4 aromatic rings. The lowest BCUT2D eigenvalue weighted by molar-refractivity contribution is -0.113. The summed E-state index contributed by atoms with van der Waals surface area (Å²) in [6, 6.07) is 16.0. The molecule has 1 amide bonds. The lowest BCUT2D eigenvalue weighted by atomic mass is 9.95. The molecule has 5 rings (SSSR count). The molecule has 8 nitrogen and oxygen atoms in total. The molecule has 182 valence electrons. The number of carbonyl (C=O) groups excluding carboxylic acids is 1. The van der Waals surface area contributed by atoms with Crippen LogP contribution in [0, 0.1) is 6.92 Å². The normalized spacial score (nSPS) is 15.4. The van der Waals surface area contributed by atoms with Gasteiger partial charge in [-0.05, 0) is 49.8 Å². The van der Waals surface area contributed by atoms with Crippen LogP contribution in [-0.2, 0) is 11.8 Å². The third-order valence-corrected chi connectivity index (χ3v) is 7.27. The molecule has 9 heteroatoms. The van der Waals surface area contributed by atoms with Crippen LogP contribution in [0.1, 0.15) is 29.8 Å². The third-order valence-electron chi connectivity index (χ3n) is 6.29. The zero-order chi connectivity index (χ0) is 25.4. The Labute approximate surface area is 211 Å². The van der Waals surface area contributed by atoms with Crippen LogP contribution in [0.4, 0.5) is 5.69 Å². The fraction of sp³-hybridized carbons (Fsp3) is 0.185. The molecule has 2 aromatic carbocycles. The highest BCUT2D eigenvalue weighted by atomic mass is 32.1. The van der Waals surface area contributed by atoms with Gasteiger partial charge in [0.25, 0.3) is 11.5 Å². The maximum absolute atomic E-state index is 13.8. The minimum absolute atomic E-state index is 0.208. The number of benzene rings is 2. The lowest BCUT2D eigenvalue weighted by Gasteiger charge is -2.25. The number of fused-ring (bicyclic) bond motifs is 1. The van der Waals surface area contributed by atoms with Crippen LogP contribution in [-0.4, -0.2) is 27.4 Å². The van der Waals surface area contributed by atoms with E-state index >= 15 is 0 Å². The number of rotatable bonds is 5. The monoisotopic (exact) mass is 499 g/mol. The van der Waals surface area contributed by atoms with Gasteiger partial charge in [-0.1, -0.05) is 41.7 Å². The maximum atomic E-state index is 13.8. The van der Waals surface area contributed by atoms with Gasteiger partial charge >= 0.3 is 0 Å². The second-order valence-electron chi connectivity index (χ2n) is 8.48. The Hall–Kier alpha value is -4.24. The number of methoxy groups -OCH3 is 1. The predicted molar refractivity (Wildman–Crippen MR) is 140 cm³/mol. The Morgan fingerprint density at radius 3 is 2.47 bits per heavy atom. The molecule has 36 heavy (non-hydrogen) atoms. The first-order chi connectivity index (χ1) is 17.4. The molecule has 0 spiro atoms. The number of anilines is 1. The van der Waals surface area contributed by atoms with Crippen LogP contribution in [0.2, 0.25) is 0 Å². The highest BCUT2D eigenvalue weighted by Crippen LogP contribution is 2.31. The van der Waals surface area contributed by atoms with E-state index < -0.39 is 6.04 Å². The SMILES string of the molecule is COc1ccc(C2C(C(=O)Nc3ccccc3)=C(C)N=c3sc(=Cc4cnn(C)c4C)c(=O)n32)cc1. The lowest BCUT2D eigenvalue weighted by Crippen LogP contribution is -2.40. The average molecular weight is 500 g/mol. The van der Waals surface area contributed by atoms with Gasteiger partial charge in [-0.15, -0.1) is 0 Å². The van der Waals surface area contributed by atoms with E-state index in [0.29, 0.717) is 32.0 Å². The van der Waals surface area contributed by atoms with Gasteiger partial charge in [-0.3, -0.25) is 18.8 Å². The van der Waals surface area contributed by atoms with Gasteiger partial charge < -0.3 is 10.1 Å². The first kappa shape index (κ1) is 23.5. The smallest absolute Gasteiger partial charge is 0.271 e. The van der Waals surface area contributed by atoms with Crippen LogP contribution in [0.3, 0.4) is 0 Å². The van der Waals surface area contributed by atoms with Crippen molar-refractivity contribution in [2.45, 2.75) is 19.9 Å². The van der Waals surface area contributed by atoms with Crippen LogP contribution in [0.5, 0.6) is 5.75 Å². The fourth-order valence-electron chi connectivity index (χ4n) is 4.23. The summed E-state index contributed by atoms with van der Waals surface area (Å²) in [5.41, 5.74) is 4.04. The molecule has 0 saturated carbocycles. The molecule has 1 aliphatic rings. The van der Waals surface area contributed by atoms with Gasteiger partial charge in [-0.2, -0.15) is 5.10 Å². The highest BCUT2D eigenvalue weighted by Gasteiger charge is 2.32. The summed E-state index contributed by atoms with van der Waals surface area (Å²) in [6.07, 6.45) is 3.57. The number of carbonyl (C=O) groups is 1. The van der Waals surface area contributed by atoms with Gasteiger partial charge in [0.2, 0.25) is 0 Å². The Bertz CT molecular complexity index is 1660. The van der Waals surface area contributed by atoms with E-state index in [1.807, 2.05) is 74.6 Å². The summed E-state index contributed by atoms with van der Waals surface area (Å²) < 4.78 is 9.22. The van der Waals surface area contributed by atoms with Gasteiger partial charge in [-0.25, -0.2) is 4.99 Å². The minimum atomic E-state index is -0.645. The predicted octanol–water partition coefficient (Wildman–Crippen LogP) is 2.92. The molecule has 0 aliphatic carbocycles. The minimum Gasteiger partial charge on any atom is -0.497 e. The van der Waals surface area contributed by atoms with Gasteiger partial charge in [0.1, 0.15) is 5.75 Å². The maximum Gasteiger partial charge on any atom is 0.271 e. The number of hydrogen-bond donors (Lipinski definition) is 1. The largest absolute Gasteiger partial charge is 0.497 e. The van der Waals surface area contributed by atoms with Crippen molar-refractivity contribution in [2.75, 3.05) is 12.4 Å². The quantitative estimate of drug-likeness (QED) is 0.457. The van der Waals surface area contributed by atoms with Gasteiger partial charge in [0.15, 0.2) is 4.80 Å². The number of aromatic nitrogens is 3. The molecule has 1 aliphatic heterocycles. The summed E-state index contributed by atoms with van der Waals surface area (Å²) in [7, 11) is 3.46. The molecule has 1 unspecified atom stereocenters. The number of allylic oxidation sites excluding steroid dienone is 1. The molecule has 1 N–H and O–H groups in total. The Kier molecular flexibility index (Phi) is 6.15. The van der Waals surface area contributed by atoms with Crippen molar-refractivity contribution in [2.24, 2.45) is 12.0 Å². The van der Waals surface area contributed by atoms with E-state index in [2.05, 4.69) is 15.4 Å². The fourth-order valence-corrected chi connectivity index (χ4v) is 5.27. The third kappa shape index (κ3) is 4.18. The molecule has 0 bridgehead atoms. The second kappa shape index (κ2) is 9.43. The van der Waals surface area contributed by atoms with Crippen molar-refractivity contribution in [1.82, 2.24) is 14.3 Å². The van der Waals surface area contributed by atoms with E-state index in [1.54, 1.807) is 29.5 Å². The molecule has 0 fully saturated rings. The number of ether oxygens (including phenoxy) is 1. The number of aryl methyl sites for hydroxylation is 1. The summed E-state index contributed by atoms with van der Waals surface area (Å²) >= 11 is 1.30. The molecule has 0 saturated heterocycles. The number of nitrogens with one attached hydrogen (secondary N) is 1. The highest BCUT2D eigenvalue weighted by molar-refractivity contribution is 7.07.